The number of piperidine rings is 1. The quantitative estimate of drug-likeness (QED) is 0.856. The van der Waals surface area contributed by atoms with Gasteiger partial charge in [0.1, 0.15) is 0 Å². The van der Waals surface area contributed by atoms with Crippen LogP contribution in [0.5, 0.6) is 0 Å². The molecule has 0 aliphatic carbocycles. The van der Waals surface area contributed by atoms with Gasteiger partial charge in [0.2, 0.25) is 5.91 Å². The smallest absolute Gasteiger partial charge is 0.337 e. The second kappa shape index (κ2) is 7.81. The normalized spacial score (nSPS) is 14.9. The second-order valence-corrected chi connectivity index (χ2v) is 6.00. The molecular formula is C17H23N3O4. The molecule has 0 unspecified atom stereocenters. The molecule has 0 atom stereocenters. The highest BCUT2D eigenvalue weighted by molar-refractivity contribution is 5.94. The van der Waals surface area contributed by atoms with Crippen molar-refractivity contribution in [3.63, 3.8) is 0 Å². The summed E-state index contributed by atoms with van der Waals surface area (Å²) in [7, 11) is 4.77. The van der Waals surface area contributed by atoms with Crippen molar-refractivity contribution in [3.05, 3.63) is 29.8 Å². The Hall–Kier alpha value is -2.57. The first-order valence-corrected chi connectivity index (χ1v) is 7.88. The number of benzene rings is 1. The molecule has 1 aromatic carbocycles. The third-order valence-corrected chi connectivity index (χ3v) is 4.09. The van der Waals surface area contributed by atoms with E-state index in [0.717, 1.165) is 0 Å². The summed E-state index contributed by atoms with van der Waals surface area (Å²) in [5, 5.41) is 2.86. The van der Waals surface area contributed by atoms with Crippen molar-refractivity contribution in [1.29, 1.82) is 0 Å². The Balaban J connectivity index is 1.87. The SMILES string of the molecule is COC(=O)c1ccc(NC(=O)C2CCN(C(=O)N(C)C)CC2)cc1. The van der Waals surface area contributed by atoms with Gasteiger partial charge in [-0.2, -0.15) is 0 Å². The summed E-state index contributed by atoms with van der Waals surface area (Å²) in [6.45, 7) is 1.16. The van der Waals surface area contributed by atoms with Gasteiger partial charge in [0.05, 0.1) is 12.7 Å². The van der Waals surface area contributed by atoms with E-state index < -0.39 is 5.97 Å². The Kier molecular flexibility index (Phi) is 5.78. The summed E-state index contributed by atoms with van der Waals surface area (Å²) < 4.78 is 4.64. The van der Waals surface area contributed by atoms with E-state index in [1.807, 2.05) is 0 Å². The summed E-state index contributed by atoms with van der Waals surface area (Å²) in [6, 6.07) is 6.55. The fourth-order valence-electron chi connectivity index (χ4n) is 2.67. The van der Waals surface area contributed by atoms with Gasteiger partial charge in [-0.1, -0.05) is 0 Å². The summed E-state index contributed by atoms with van der Waals surface area (Å²) in [5.74, 6) is -0.583. The molecule has 0 saturated carbocycles. The van der Waals surface area contributed by atoms with Crippen molar-refractivity contribution in [2.24, 2.45) is 5.92 Å². The van der Waals surface area contributed by atoms with E-state index in [4.69, 9.17) is 0 Å². The fourth-order valence-corrected chi connectivity index (χ4v) is 2.67. The second-order valence-electron chi connectivity index (χ2n) is 6.00. The number of carbonyl (C=O) groups is 3. The first kappa shape index (κ1) is 17.8. The van der Waals surface area contributed by atoms with Crippen LogP contribution >= 0.6 is 0 Å². The number of nitrogens with one attached hydrogen (secondary N) is 1. The predicted molar refractivity (Wildman–Crippen MR) is 89.8 cm³/mol. The number of ether oxygens (including phenoxy) is 1. The predicted octanol–water partition coefficient (Wildman–Crippen LogP) is 1.81. The van der Waals surface area contributed by atoms with Crippen LogP contribution in [0.15, 0.2) is 24.3 Å². The number of esters is 1. The summed E-state index contributed by atoms with van der Waals surface area (Å²) in [4.78, 5) is 38.9. The van der Waals surface area contributed by atoms with Crippen molar-refractivity contribution in [2.75, 3.05) is 39.6 Å². The first-order valence-electron chi connectivity index (χ1n) is 7.88. The zero-order valence-corrected chi connectivity index (χ0v) is 14.2. The largest absolute Gasteiger partial charge is 0.465 e. The molecular weight excluding hydrogens is 310 g/mol. The number of likely N-dealkylation sites (tertiary alicyclic amines) is 1. The molecule has 1 aliphatic heterocycles. The number of hydrogen-bond acceptors (Lipinski definition) is 4. The monoisotopic (exact) mass is 333 g/mol. The Morgan fingerprint density at radius 1 is 1.12 bits per heavy atom. The molecule has 1 N–H and O–H groups in total. The first-order chi connectivity index (χ1) is 11.4. The molecule has 1 saturated heterocycles. The molecule has 1 fully saturated rings. The molecule has 0 bridgehead atoms. The molecule has 130 valence electrons. The molecule has 3 amide bonds. The van der Waals surface area contributed by atoms with Crippen molar-refractivity contribution < 1.29 is 19.1 Å². The van der Waals surface area contributed by atoms with Crippen molar-refractivity contribution in [2.45, 2.75) is 12.8 Å². The number of hydrogen-bond donors (Lipinski definition) is 1. The van der Waals surface area contributed by atoms with Gasteiger partial charge in [-0.25, -0.2) is 9.59 Å². The minimum absolute atomic E-state index is 0.0211. The van der Waals surface area contributed by atoms with Crippen molar-refractivity contribution in [3.8, 4) is 0 Å². The Morgan fingerprint density at radius 3 is 2.21 bits per heavy atom. The van der Waals surface area contributed by atoms with Gasteiger partial charge >= 0.3 is 12.0 Å². The van der Waals surface area contributed by atoms with E-state index in [-0.39, 0.29) is 17.9 Å². The zero-order chi connectivity index (χ0) is 17.7. The third-order valence-electron chi connectivity index (χ3n) is 4.09. The molecule has 0 spiro atoms. The van der Waals surface area contributed by atoms with Crippen LogP contribution in [0.25, 0.3) is 0 Å². The Morgan fingerprint density at radius 2 is 1.71 bits per heavy atom. The van der Waals surface area contributed by atoms with E-state index in [0.29, 0.717) is 37.2 Å². The van der Waals surface area contributed by atoms with E-state index >= 15 is 0 Å². The molecule has 24 heavy (non-hydrogen) atoms. The number of urea groups is 1. The maximum atomic E-state index is 12.3. The molecule has 0 radical (unpaired) electrons. The van der Waals surface area contributed by atoms with Crippen LogP contribution in [0.3, 0.4) is 0 Å². The number of amides is 3. The number of methoxy groups -OCH3 is 1. The van der Waals surface area contributed by atoms with Crippen LogP contribution < -0.4 is 5.32 Å². The molecule has 1 aromatic rings. The zero-order valence-electron chi connectivity index (χ0n) is 14.2. The van der Waals surface area contributed by atoms with Gasteiger partial charge in [-0.15, -0.1) is 0 Å². The lowest BCUT2D eigenvalue weighted by Crippen LogP contribution is -2.45. The average Bonchev–Trinajstić information content (AvgIpc) is 2.61. The topological polar surface area (TPSA) is 79.0 Å². The highest BCUT2D eigenvalue weighted by atomic mass is 16.5. The minimum atomic E-state index is -0.411. The van der Waals surface area contributed by atoms with Crippen molar-refractivity contribution in [1.82, 2.24) is 9.80 Å². The lowest BCUT2D eigenvalue weighted by atomic mass is 9.96. The van der Waals surface area contributed by atoms with Crippen LogP contribution in [-0.2, 0) is 9.53 Å². The lowest BCUT2D eigenvalue weighted by Gasteiger charge is -2.33. The maximum absolute atomic E-state index is 12.3. The number of nitrogens with zero attached hydrogens (tertiary/aromatic N) is 2. The molecule has 7 heteroatoms. The molecule has 2 rings (SSSR count). The fraction of sp³-hybridized carbons (Fsp3) is 0.471. The van der Waals surface area contributed by atoms with Gasteiger partial charge in [-0.3, -0.25) is 4.79 Å². The van der Waals surface area contributed by atoms with E-state index in [9.17, 15) is 14.4 Å². The number of carbonyl (C=O) groups excluding carboxylic acids is 3. The van der Waals surface area contributed by atoms with Gasteiger partial charge < -0.3 is 19.9 Å². The van der Waals surface area contributed by atoms with Crippen LogP contribution in [0, 0.1) is 5.92 Å². The van der Waals surface area contributed by atoms with E-state index in [2.05, 4.69) is 10.1 Å². The van der Waals surface area contributed by atoms with Crippen molar-refractivity contribution >= 4 is 23.6 Å². The summed E-state index contributed by atoms with van der Waals surface area (Å²) in [5.41, 5.74) is 1.07. The molecule has 0 aromatic heterocycles. The average molecular weight is 333 g/mol. The number of rotatable bonds is 3. The summed E-state index contributed by atoms with van der Waals surface area (Å²) in [6.07, 6.45) is 1.29. The maximum Gasteiger partial charge on any atom is 0.337 e. The molecule has 1 heterocycles. The van der Waals surface area contributed by atoms with Crippen LogP contribution in [-0.4, -0.2) is 62.0 Å². The van der Waals surface area contributed by atoms with Gasteiger partial charge in [0.15, 0.2) is 0 Å². The Labute approximate surface area is 141 Å². The number of anilines is 1. The van der Waals surface area contributed by atoms with Gasteiger partial charge in [0.25, 0.3) is 0 Å². The van der Waals surface area contributed by atoms with Crippen LogP contribution in [0.1, 0.15) is 23.2 Å². The minimum Gasteiger partial charge on any atom is -0.465 e. The summed E-state index contributed by atoms with van der Waals surface area (Å²) >= 11 is 0. The lowest BCUT2D eigenvalue weighted by molar-refractivity contribution is -0.121. The van der Waals surface area contributed by atoms with Crippen LogP contribution in [0.4, 0.5) is 10.5 Å². The van der Waals surface area contributed by atoms with Gasteiger partial charge in [-0.05, 0) is 37.1 Å². The highest BCUT2D eigenvalue weighted by Crippen LogP contribution is 2.20. The highest BCUT2D eigenvalue weighted by Gasteiger charge is 2.28. The van der Waals surface area contributed by atoms with Gasteiger partial charge in [0, 0.05) is 38.8 Å². The van der Waals surface area contributed by atoms with E-state index in [1.54, 1.807) is 48.2 Å². The van der Waals surface area contributed by atoms with Crippen LogP contribution in [0.2, 0.25) is 0 Å². The van der Waals surface area contributed by atoms with E-state index in [1.165, 1.54) is 7.11 Å². The standard InChI is InChI=1S/C17H23N3O4/c1-19(2)17(23)20-10-8-12(9-11-20)15(21)18-14-6-4-13(5-7-14)16(22)24-3/h4-7,12H,8-11H2,1-3H3,(H,18,21). The third kappa shape index (κ3) is 4.24. The Bertz CT molecular complexity index is 605. The molecule has 7 nitrogen and oxygen atoms in total. The molecule has 1 aliphatic rings.